The molecule has 0 spiro atoms. The van der Waals surface area contributed by atoms with Gasteiger partial charge >= 0.3 is 0 Å². The van der Waals surface area contributed by atoms with E-state index in [1.807, 2.05) is 67.0 Å². The van der Waals surface area contributed by atoms with Crippen LogP contribution in [0.4, 0.5) is 0 Å². The van der Waals surface area contributed by atoms with Crippen molar-refractivity contribution in [1.82, 2.24) is 14.9 Å². The minimum absolute atomic E-state index is 0.0491. The lowest BCUT2D eigenvalue weighted by Gasteiger charge is -2.18. The molecule has 26 heavy (non-hydrogen) atoms. The first-order chi connectivity index (χ1) is 12.7. The van der Waals surface area contributed by atoms with Crippen LogP contribution in [0.25, 0.3) is 0 Å². The molecule has 0 saturated carbocycles. The summed E-state index contributed by atoms with van der Waals surface area (Å²) in [7, 11) is 0. The SMILES string of the molecule is O=C(C[C@@H](Cn1cccc1)c1ccc(Cl)cc1)NCCc1ccccn1. The van der Waals surface area contributed by atoms with E-state index in [1.54, 1.807) is 6.20 Å². The Hall–Kier alpha value is -2.59. The van der Waals surface area contributed by atoms with Crippen LogP contribution in [0.3, 0.4) is 0 Å². The number of rotatable bonds is 8. The van der Waals surface area contributed by atoms with Crippen molar-refractivity contribution in [2.45, 2.75) is 25.3 Å². The number of nitrogens with one attached hydrogen (secondary N) is 1. The van der Waals surface area contributed by atoms with Gasteiger partial charge in [-0.25, -0.2) is 0 Å². The Morgan fingerprint density at radius 2 is 1.85 bits per heavy atom. The topological polar surface area (TPSA) is 46.9 Å². The minimum Gasteiger partial charge on any atom is -0.356 e. The molecule has 1 atom stereocenters. The molecule has 2 heterocycles. The van der Waals surface area contributed by atoms with Gasteiger partial charge in [0, 0.05) is 61.2 Å². The van der Waals surface area contributed by atoms with Crippen molar-refractivity contribution >= 4 is 17.5 Å². The van der Waals surface area contributed by atoms with Gasteiger partial charge in [-0.05, 0) is 42.0 Å². The van der Waals surface area contributed by atoms with Gasteiger partial charge in [-0.2, -0.15) is 0 Å². The maximum Gasteiger partial charge on any atom is 0.220 e. The molecule has 0 fully saturated rings. The average molecular weight is 368 g/mol. The maximum atomic E-state index is 12.4. The van der Waals surface area contributed by atoms with Crippen molar-refractivity contribution in [3.8, 4) is 0 Å². The molecule has 4 nitrogen and oxygen atoms in total. The van der Waals surface area contributed by atoms with Crippen LogP contribution in [0, 0.1) is 0 Å². The number of amides is 1. The second kappa shape index (κ2) is 9.20. The lowest BCUT2D eigenvalue weighted by molar-refractivity contribution is -0.121. The molecule has 0 aliphatic carbocycles. The molecule has 5 heteroatoms. The van der Waals surface area contributed by atoms with Gasteiger partial charge in [0.25, 0.3) is 0 Å². The molecule has 1 N–H and O–H groups in total. The van der Waals surface area contributed by atoms with Crippen LogP contribution in [0.15, 0.2) is 73.2 Å². The normalized spacial score (nSPS) is 11.9. The summed E-state index contributed by atoms with van der Waals surface area (Å²) in [4.78, 5) is 16.7. The number of benzene rings is 1. The molecular weight excluding hydrogens is 346 g/mol. The molecule has 0 bridgehead atoms. The Kier molecular flexibility index (Phi) is 6.45. The summed E-state index contributed by atoms with van der Waals surface area (Å²) in [5.41, 5.74) is 2.09. The Balaban J connectivity index is 1.59. The monoisotopic (exact) mass is 367 g/mol. The minimum atomic E-state index is 0.0491. The van der Waals surface area contributed by atoms with Crippen molar-refractivity contribution in [1.29, 1.82) is 0 Å². The lowest BCUT2D eigenvalue weighted by atomic mass is 9.95. The third-order valence-corrected chi connectivity index (χ3v) is 4.55. The lowest BCUT2D eigenvalue weighted by Crippen LogP contribution is -2.28. The number of aromatic nitrogens is 2. The maximum absolute atomic E-state index is 12.4. The van der Waals surface area contributed by atoms with E-state index in [1.165, 1.54) is 0 Å². The zero-order chi connectivity index (χ0) is 18.2. The predicted molar refractivity (Wildman–Crippen MR) is 104 cm³/mol. The van der Waals surface area contributed by atoms with E-state index in [2.05, 4.69) is 14.9 Å². The summed E-state index contributed by atoms with van der Waals surface area (Å²) >= 11 is 6.00. The fourth-order valence-electron chi connectivity index (χ4n) is 2.94. The molecular formula is C21H22ClN3O. The number of hydrogen-bond donors (Lipinski definition) is 1. The van der Waals surface area contributed by atoms with E-state index < -0.39 is 0 Å². The molecule has 1 amide bonds. The van der Waals surface area contributed by atoms with Crippen molar-refractivity contribution < 1.29 is 4.79 Å². The highest BCUT2D eigenvalue weighted by Gasteiger charge is 2.16. The predicted octanol–water partition coefficient (Wildman–Crippen LogP) is 4.07. The van der Waals surface area contributed by atoms with Crippen molar-refractivity contribution in [3.63, 3.8) is 0 Å². The first-order valence-electron chi connectivity index (χ1n) is 8.73. The van der Waals surface area contributed by atoms with Crippen LogP contribution in [0.2, 0.25) is 5.02 Å². The number of carbonyl (C=O) groups excluding carboxylic acids is 1. The first kappa shape index (κ1) is 18.2. The van der Waals surface area contributed by atoms with Gasteiger partial charge in [-0.1, -0.05) is 29.8 Å². The fraction of sp³-hybridized carbons (Fsp3) is 0.238. The molecule has 0 unspecified atom stereocenters. The molecule has 0 radical (unpaired) electrons. The molecule has 2 aromatic heterocycles. The Morgan fingerprint density at radius 1 is 1.08 bits per heavy atom. The van der Waals surface area contributed by atoms with E-state index in [0.717, 1.165) is 24.2 Å². The van der Waals surface area contributed by atoms with Gasteiger partial charge in [0.1, 0.15) is 0 Å². The van der Waals surface area contributed by atoms with E-state index in [4.69, 9.17) is 11.6 Å². The van der Waals surface area contributed by atoms with Gasteiger partial charge in [0.05, 0.1) is 0 Å². The summed E-state index contributed by atoms with van der Waals surface area (Å²) in [5.74, 6) is 0.141. The fourth-order valence-corrected chi connectivity index (χ4v) is 3.07. The molecule has 0 saturated heterocycles. The highest BCUT2D eigenvalue weighted by Crippen LogP contribution is 2.23. The molecule has 0 aliphatic heterocycles. The van der Waals surface area contributed by atoms with Gasteiger partial charge in [-0.15, -0.1) is 0 Å². The highest BCUT2D eigenvalue weighted by atomic mass is 35.5. The molecule has 1 aromatic carbocycles. The zero-order valence-corrected chi connectivity index (χ0v) is 15.3. The first-order valence-corrected chi connectivity index (χ1v) is 9.11. The molecule has 3 aromatic rings. The van der Waals surface area contributed by atoms with Crippen LogP contribution in [0.1, 0.15) is 23.6 Å². The summed E-state index contributed by atoms with van der Waals surface area (Å²) in [6, 6.07) is 17.5. The van der Waals surface area contributed by atoms with Gasteiger partial charge in [0.15, 0.2) is 0 Å². The number of hydrogen-bond acceptors (Lipinski definition) is 2. The van der Waals surface area contributed by atoms with Crippen LogP contribution in [-0.2, 0) is 17.8 Å². The summed E-state index contributed by atoms with van der Waals surface area (Å²) in [6.07, 6.45) is 6.96. The van der Waals surface area contributed by atoms with Crippen LogP contribution >= 0.6 is 11.6 Å². The zero-order valence-electron chi connectivity index (χ0n) is 14.5. The van der Waals surface area contributed by atoms with Gasteiger partial charge in [-0.3, -0.25) is 9.78 Å². The van der Waals surface area contributed by atoms with Crippen LogP contribution in [0.5, 0.6) is 0 Å². The van der Waals surface area contributed by atoms with E-state index in [9.17, 15) is 4.79 Å². The summed E-state index contributed by atoms with van der Waals surface area (Å²) in [5, 5.41) is 3.71. The smallest absolute Gasteiger partial charge is 0.220 e. The van der Waals surface area contributed by atoms with E-state index >= 15 is 0 Å². The van der Waals surface area contributed by atoms with Crippen LogP contribution < -0.4 is 5.32 Å². The summed E-state index contributed by atoms with van der Waals surface area (Å²) in [6.45, 7) is 1.34. The van der Waals surface area contributed by atoms with Gasteiger partial charge < -0.3 is 9.88 Å². The number of pyridine rings is 1. The second-order valence-electron chi connectivity index (χ2n) is 6.25. The average Bonchev–Trinajstić information content (AvgIpc) is 3.16. The van der Waals surface area contributed by atoms with Crippen molar-refractivity contribution in [2.24, 2.45) is 0 Å². The van der Waals surface area contributed by atoms with Gasteiger partial charge in [0.2, 0.25) is 5.91 Å². The third-order valence-electron chi connectivity index (χ3n) is 4.30. The number of halogens is 1. The largest absolute Gasteiger partial charge is 0.356 e. The van der Waals surface area contributed by atoms with E-state index in [0.29, 0.717) is 18.0 Å². The summed E-state index contributed by atoms with van der Waals surface area (Å²) < 4.78 is 2.10. The second-order valence-corrected chi connectivity index (χ2v) is 6.69. The van der Waals surface area contributed by atoms with Crippen LogP contribution in [-0.4, -0.2) is 22.0 Å². The standard InChI is InChI=1S/C21H22ClN3O/c22-19-8-6-17(7-9-19)18(16-25-13-3-4-14-25)15-21(26)24-12-10-20-5-1-2-11-23-20/h1-9,11,13-14,18H,10,12,15-16H2,(H,24,26)/t18-/m0/s1. The Bertz CT molecular complexity index is 801. The van der Waals surface area contributed by atoms with Crippen molar-refractivity contribution in [3.05, 3.63) is 89.5 Å². The third kappa shape index (κ3) is 5.46. The molecule has 134 valence electrons. The Morgan fingerprint density at radius 3 is 2.54 bits per heavy atom. The highest BCUT2D eigenvalue weighted by molar-refractivity contribution is 6.30. The Labute approximate surface area is 158 Å². The quantitative estimate of drug-likeness (QED) is 0.652. The molecule has 0 aliphatic rings. The number of nitrogens with zero attached hydrogens (tertiary/aromatic N) is 2. The van der Waals surface area contributed by atoms with E-state index in [-0.39, 0.29) is 11.8 Å². The molecule has 3 rings (SSSR count). The number of carbonyl (C=O) groups is 1. The van der Waals surface area contributed by atoms with Crippen molar-refractivity contribution in [2.75, 3.05) is 6.54 Å².